The van der Waals surface area contributed by atoms with Crippen LogP contribution in [0.4, 0.5) is 16.2 Å². The first-order valence-corrected chi connectivity index (χ1v) is 9.79. The maximum atomic E-state index is 12.0. The first-order chi connectivity index (χ1) is 12.6. The lowest BCUT2D eigenvalue weighted by molar-refractivity contribution is -0.115. The third-order valence-electron chi connectivity index (χ3n) is 3.26. The van der Waals surface area contributed by atoms with E-state index in [0.29, 0.717) is 30.1 Å². The zero-order valence-electron chi connectivity index (χ0n) is 14.1. The van der Waals surface area contributed by atoms with Gasteiger partial charge in [0.1, 0.15) is 0 Å². The van der Waals surface area contributed by atoms with E-state index in [1.54, 1.807) is 42.1 Å². The molecule has 0 saturated heterocycles. The normalized spacial score (nSPS) is 10.0. The molecule has 136 valence electrons. The molecule has 0 fully saturated rings. The Morgan fingerprint density at radius 3 is 2.35 bits per heavy atom. The van der Waals surface area contributed by atoms with Crippen molar-refractivity contribution in [1.82, 2.24) is 5.32 Å². The topological polar surface area (TPSA) is 70.2 Å². The van der Waals surface area contributed by atoms with Gasteiger partial charge in [-0.1, -0.05) is 18.2 Å². The average Bonchev–Trinajstić information content (AvgIpc) is 2.63. The first kappa shape index (κ1) is 20.1. The van der Waals surface area contributed by atoms with Crippen molar-refractivity contribution in [2.75, 3.05) is 22.9 Å². The number of carbonyl (C=O) groups excluding carboxylic acids is 2. The molecule has 0 saturated carbocycles. The SMILES string of the molecule is C=CCNC(=O)Nc1ccc(NC(=O)CCSc2ccccc2Br)cc1. The molecule has 0 heterocycles. The van der Waals surface area contributed by atoms with Crippen LogP contribution in [0.5, 0.6) is 0 Å². The molecule has 5 nitrogen and oxygen atoms in total. The van der Waals surface area contributed by atoms with Crippen LogP contribution in [0.3, 0.4) is 0 Å². The van der Waals surface area contributed by atoms with Crippen LogP contribution in [0.2, 0.25) is 0 Å². The van der Waals surface area contributed by atoms with Gasteiger partial charge < -0.3 is 16.0 Å². The Labute approximate surface area is 165 Å². The summed E-state index contributed by atoms with van der Waals surface area (Å²) in [7, 11) is 0. The van der Waals surface area contributed by atoms with Crippen molar-refractivity contribution in [3.05, 3.63) is 65.7 Å². The highest BCUT2D eigenvalue weighted by molar-refractivity contribution is 9.10. The Hall–Kier alpha value is -2.25. The van der Waals surface area contributed by atoms with E-state index < -0.39 is 0 Å². The minimum absolute atomic E-state index is 0.0472. The lowest BCUT2D eigenvalue weighted by Crippen LogP contribution is -2.28. The zero-order chi connectivity index (χ0) is 18.8. The standard InChI is InChI=1S/C19H20BrN3O2S/c1-2-12-21-19(25)23-15-9-7-14(8-10-15)22-18(24)11-13-26-17-6-4-3-5-16(17)20/h2-10H,1,11-13H2,(H,22,24)(H2,21,23,25). The van der Waals surface area contributed by atoms with Crippen molar-refractivity contribution in [2.45, 2.75) is 11.3 Å². The Morgan fingerprint density at radius 2 is 1.69 bits per heavy atom. The molecule has 26 heavy (non-hydrogen) atoms. The number of urea groups is 1. The highest BCUT2D eigenvalue weighted by atomic mass is 79.9. The number of halogens is 1. The first-order valence-electron chi connectivity index (χ1n) is 8.01. The second-order valence-electron chi connectivity index (χ2n) is 5.28. The van der Waals surface area contributed by atoms with E-state index in [1.807, 2.05) is 24.3 Å². The molecule has 0 aliphatic heterocycles. The monoisotopic (exact) mass is 433 g/mol. The predicted molar refractivity (Wildman–Crippen MR) is 112 cm³/mol. The van der Waals surface area contributed by atoms with Crippen LogP contribution >= 0.6 is 27.7 Å². The van der Waals surface area contributed by atoms with Crippen molar-refractivity contribution in [3.63, 3.8) is 0 Å². The van der Waals surface area contributed by atoms with Gasteiger partial charge in [-0.15, -0.1) is 18.3 Å². The van der Waals surface area contributed by atoms with Gasteiger partial charge >= 0.3 is 6.03 Å². The fourth-order valence-corrected chi connectivity index (χ4v) is 3.53. The van der Waals surface area contributed by atoms with Crippen molar-refractivity contribution < 1.29 is 9.59 Å². The lowest BCUT2D eigenvalue weighted by atomic mass is 10.2. The second-order valence-corrected chi connectivity index (χ2v) is 7.27. The van der Waals surface area contributed by atoms with Crippen molar-refractivity contribution >= 4 is 51.0 Å². The van der Waals surface area contributed by atoms with E-state index in [1.165, 1.54) is 0 Å². The molecule has 0 bridgehead atoms. The summed E-state index contributed by atoms with van der Waals surface area (Å²) in [5, 5.41) is 8.17. The lowest BCUT2D eigenvalue weighted by Gasteiger charge is -2.08. The van der Waals surface area contributed by atoms with Gasteiger partial charge in [0.15, 0.2) is 0 Å². The number of nitrogens with one attached hydrogen (secondary N) is 3. The van der Waals surface area contributed by atoms with E-state index in [2.05, 4.69) is 38.5 Å². The number of benzene rings is 2. The highest BCUT2D eigenvalue weighted by Crippen LogP contribution is 2.27. The molecule has 0 atom stereocenters. The van der Waals surface area contributed by atoms with E-state index in [4.69, 9.17) is 0 Å². The third-order valence-corrected chi connectivity index (χ3v) is 5.29. The van der Waals surface area contributed by atoms with Gasteiger partial charge in [-0.05, 0) is 52.3 Å². The summed E-state index contributed by atoms with van der Waals surface area (Å²) in [4.78, 5) is 24.7. The predicted octanol–water partition coefficient (Wildman–Crippen LogP) is 4.88. The van der Waals surface area contributed by atoms with Crippen molar-refractivity contribution in [3.8, 4) is 0 Å². The molecule has 2 rings (SSSR count). The zero-order valence-corrected chi connectivity index (χ0v) is 16.5. The summed E-state index contributed by atoms with van der Waals surface area (Å²) in [6.45, 7) is 3.94. The maximum Gasteiger partial charge on any atom is 0.319 e. The molecular weight excluding hydrogens is 414 g/mol. The molecule has 2 aromatic carbocycles. The van der Waals surface area contributed by atoms with Gasteiger partial charge in [-0.2, -0.15) is 0 Å². The number of hydrogen-bond acceptors (Lipinski definition) is 3. The number of thioether (sulfide) groups is 1. The van der Waals surface area contributed by atoms with Crippen molar-refractivity contribution in [1.29, 1.82) is 0 Å². The Balaban J connectivity index is 1.75. The molecule has 3 N–H and O–H groups in total. The highest BCUT2D eigenvalue weighted by Gasteiger charge is 2.05. The summed E-state index contributed by atoms with van der Waals surface area (Å²) in [5.74, 6) is 0.645. The maximum absolute atomic E-state index is 12.0. The van der Waals surface area contributed by atoms with Gasteiger partial charge in [0.05, 0.1) is 0 Å². The molecule has 0 aromatic heterocycles. The third kappa shape index (κ3) is 6.93. The van der Waals surface area contributed by atoms with Gasteiger partial charge in [-0.25, -0.2) is 4.79 Å². The number of carbonyl (C=O) groups is 2. The van der Waals surface area contributed by atoms with E-state index in [-0.39, 0.29) is 11.9 Å². The number of amides is 3. The number of hydrogen-bond donors (Lipinski definition) is 3. The summed E-state index contributed by atoms with van der Waals surface area (Å²) < 4.78 is 1.03. The van der Waals surface area contributed by atoms with Crippen LogP contribution in [0, 0.1) is 0 Å². The fraction of sp³-hybridized carbons (Fsp3) is 0.158. The minimum Gasteiger partial charge on any atom is -0.334 e. The minimum atomic E-state index is -0.300. The molecule has 7 heteroatoms. The second kappa shape index (κ2) is 10.7. The summed E-state index contributed by atoms with van der Waals surface area (Å²) >= 11 is 5.13. The Kier molecular flexibility index (Phi) is 8.24. The molecule has 3 amide bonds. The molecule has 0 unspecified atom stereocenters. The van der Waals surface area contributed by atoms with E-state index >= 15 is 0 Å². The van der Waals surface area contributed by atoms with Gasteiger partial charge in [0, 0.05) is 39.5 Å². The van der Waals surface area contributed by atoms with Crippen LogP contribution < -0.4 is 16.0 Å². The molecule has 0 aliphatic rings. The van der Waals surface area contributed by atoms with Crippen LogP contribution in [0.15, 0.2) is 70.6 Å². The Morgan fingerprint density at radius 1 is 1.04 bits per heavy atom. The van der Waals surface area contributed by atoms with Crippen LogP contribution in [-0.4, -0.2) is 24.2 Å². The van der Waals surface area contributed by atoms with Crippen LogP contribution in [0.25, 0.3) is 0 Å². The quantitative estimate of drug-likeness (QED) is 0.410. The molecule has 2 aromatic rings. The van der Waals surface area contributed by atoms with Crippen LogP contribution in [0.1, 0.15) is 6.42 Å². The summed E-state index contributed by atoms with van der Waals surface area (Å²) in [5.41, 5.74) is 1.34. The molecule has 0 spiro atoms. The van der Waals surface area contributed by atoms with Crippen molar-refractivity contribution in [2.24, 2.45) is 0 Å². The number of anilines is 2. The summed E-state index contributed by atoms with van der Waals surface area (Å²) in [6, 6.07) is 14.6. The molecule has 0 aliphatic carbocycles. The molecular formula is C19H20BrN3O2S. The van der Waals surface area contributed by atoms with E-state index in [9.17, 15) is 9.59 Å². The van der Waals surface area contributed by atoms with Crippen LogP contribution in [-0.2, 0) is 4.79 Å². The van der Waals surface area contributed by atoms with Gasteiger partial charge in [0.2, 0.25) is 5.91 Å². The fourth-order valence-electron chi connectivity index (χ4n) is 2.02. The van der Waals surface area contributed by atoms with Gasteiger partial charge in [0.25, 0.3) is 0 Å². The average molecular weight is 434 g/mol. The smallest absolute Gasteiger partial charge is 0.319 e. The Bertz CT molecular complexity index is 766. The largest absolute Gasteiger partial charge is 0.334 e. The van der Waals surface area contributed by atoms with E-state index in [0.717, 1.165) is 9.37 Å². The molecule has 0 radical (unpaired) electrons. The number of rotatable bonds is 8. The van der Waals surface area contributed by atoms with Gasteiger partial charge in [-0.3, -0.25) is 4.79 Å². The summed E-state index contributed by atoms with van der Waals surface area (Å²) in [6.07, 6.45) is 2.02.